The van der Waals surface area contributed by atoms with E-state index in [4.69, 9.17) is 0 Å². The number of rotatable bonds is 3. The van der Waals surface area contributed by atoms with Crippen LogP contribution in [0.3, 0.4) is 0 Å². The average Bonchev–Trinajstić information content (AvgIpc) is 2.67. The van der Waals surface area contributed by atoms with Gasteiger partial charge in [0.1, 0.15) is 5.69 Å². The number of nitrogens with one attached hydrogen (secondary N) is 1. The van der Waals surface area contributed by atoms with Gasteiger partial charge in [0, 0.05) is 38.7 Å². The van der Waals surface area contributed by atoms with Crippen LogP contribution in [0.4, 0.5) is 0 Å². The molecule has 0 saturated carbocycles. The first kappa shape index (κ1) is 18.8. The molecule has 1 N–H and O–H groups in total. The molecule has 1 aliphatic rings. The largest absolute Gasteiger partial charge is 0.346 e. The zero-order valence-electron chi connectivity index (χ0n) is 15.9. The lowest BCUT2D eigenvalue weighted by Crippen LogP contribution is -2.50. The van der Waals surface area contributed by atoms with Gasteiger partial charge in [-0.1, -0.05) is 38.1 Å². The molecule has 1 aromatic carbocycles. The molecule has 7 nitrogen and oxygen atoms in total. The average molecular weight is 368 g/mol. The van der Waals surface area contributed by atoms with Crippen LogP contribution >= 0.6 is 0 Å². The number of carbonyl (C=O) groups excluding carboxylic acids is 2. The van der Waals surface area contributed by atoms with Crippen LogP contribution < -0.4 is 5.69 Å². The Bertz CT molecular complexity index is 894. The normalized spacial score (nSPS) is 14.5. The van der Waals surface area contributed by atoms with Crippen molar-refractivity contribution in [3.63, 3.8) is 0 Å². The predicted octanol–water partition coefficient (Wildman–Crippen LogP) is 1.86. The number of aromatic amines is 1. The summed E-state index contributed by atoms with van der Waals surface area (Å²) in [6.45, 7) is 7.64. The zero-order valence-corrected chi connectivity index (χ0v) is 15.9. The van der Waals surface area contributed by atoms with E-state index in [1.165, 1.54) is 12.5 Å². The van der Waals surface area contributed by atoms with Crippen LogP contribution in [0.5, 0.6) is 0 Å². The second kappa shape index (κ2) is 7.73. The standard InChI is InChI=1S/C20H24N4O3/c1-13(2)15-4-6-16(7-5-15)17-12-18(22-20(27)21-17)19(26)24-10-8-23(9-11-24)14(3)25/h4-7,12-13H,8-11H2,1-3H3,(H,21,22,27). The Balaban J connectivity index is 1.82. The van der Waals surface area contributed by atoms with E-state index in [1.807, 2.05) is 24.3 Å². The van der Waals surface area contributed by atoms with E-state index in [1.54, 1.807) is 15.9 Å². The van der Waals surface area contributed by atoms with E-state index >= 15 is 0 Å². The molecular formula is C20H24N4O3. The molecule has 7 heteroatoms. The Morgan fingerprint density at radius 1 is 1.04 bits per heavy atom. The minimum Gasteiger partial charge on any atom is -0.339 e. The summed E-state index contributed by atoms with van der Waals surface area (Å²) in [5.74, 6) is 0.168. The molecule has 0 bridgehead atoms. The van der Waals surface area contributed by atoms with Crippen LogP contribution in [-0.4, -0.2) is 57.8 Å². The number of hydrogen-bond donors (Lipinski definition) is 1. The number of nitrogens with zero attached hydrogens (tertiary/aromatic N) is 3. The maximum Gasteiger partial charge on any atom is 0.346 e. The van der Waals surface area contributed by atoms with E-state index < -0.39 is 5.69 Å². The fourth-order valence-electron chi connectivity index (χ4n) is 3.15. The monoisotopic (exact) mass is 368 g/mol. The molecule has 1 aromatic heterocycles. The first-order chi connectivity index (χ1) is 12.8. The fraction of sp³-hybridized carbons (Fsp3) is 0.400. The molecule has 27 heavy (non-hydrogen) atoms. The lowest BCUT2D eigenvalue weighted by Gasteiger charge is -2.34. The number of benzene rings is 1. The van der Waals surface area contributed by atoms with E-state index in [0.29, 0.717) is 37.8 Å². The Morgan fingerprint density at radius 2 is 1.63 bits per heavy atom. The van der Waals surface area contributed by atoms with Gasteiger partial charge in [-0.05, 0) is 17.5 Å². The molecule has 0 unspecified atom stereocenters. The Kier molecular flexibility index (Phi) is 5.39. The highest BCUT2D eigenvalue weighted by molar-refractivity contribution is 5.93. The van der Waals surface area contributed by atoms with Gasteiger partial charge in [-0.15, -0.1) is 0 Å². The van der Waals surface area contributed by atoms with Gasteiger partial charge in [-0.2, -0.15) is 4.98 Å². The minimum absolute atomic E-state index is 0.00606. The number of carbonyl (C=O) groups is 2. The number of piperazine rings is 1. The summed E-state index contributed by atoms with van der Waals surface area (Å²) in [5.41, 5.74) is 2.13. The SMILES string of the molecule is CC(=O)N1CCN(C(=O)c2cc(-c3ccc(C(C)C)cc3)nc(=O)[nH]2)CC1. The topological polar surface area (TPSA) is 86.4 Å². The van der Waals surface area contributed by atoms with Gasteiger partial charge in [0.05, 0.1) is 5.69 Å². The Labute approximate surface area is 158 Å². The second-order valence-electron chi connectivity index (χ2n) is 7.06. The van der Waals surface area contributed by atoms with Crippen LogP contribution in [0.15, 0.2) is 35.1 Å². The number of aromatic nitrogens is 2. The van der Waals surface area contributed by atoms with Gasteiger partial charge >= 0.3 is 5.69 Å². The summed E-state index contributed by atoms with van der Waals surface area (Å²) in [7, 11) is 0. The van der Waals surface area contributed by atoms with Crippen molar-refractivity contribution < 1.29 is 9.59 Å². The van der Waals surface area contributed by atoms with Crippen molar-refractivity contribution in [2.24, 2.45) is 0 Å². The molecule has 2 amide bonds. The molecule has 1 fully saturated rings. The van der Waals surface area contributed by atoms with Crippen molar-refractivity contribution in [1.82, 2.24) is 19.8 Å². The Morgan fingerprint density at radius 3 is 2.19 bits per heavy atom. The van der Waals surface area contributed by atoms with Crippen molar-refractivity contribution in [3.05, 3.63) is 52.1 Å². The molecule has 0 spiro atoms. The Hall–Kier alpha value is -2.96. The quantitative estimate of drug-likeness (QED) is 0.896. The van der Waals surface area contributed by atoms with Gasteiger partial charge < -0.3 is 14.8 Å². The van der Waals surface area contributed by atoms with Crippen LogP contribution in [0, 0.1) is 0 Å². The summed E-state index contributed by atoms with van der Waals surface area (Å²) in [5, 5.41) is 0. The summed E-state index contributed by atoms with van der Waals surface area (Å²) in [4.78, 5) is 46.1. The molecule has 3 rings (SSSR count). The number of H-pyrrole nitrogens is 1. The second-order valence-corrected chi connectivity index (χ2v) is 7.06. The zero-order chi connectivity index (χ0) is 19.6. The highest BCUT2D eigenvalue weighted by Crippen LogP contribution is 2.21. The number of hydrogen-bond acceptors (Lipinski definition) is 4. The van der Waals surface area contributed by atoms with Crippen LogP contribution in [0.25, 0.3) is 11.3 Å². The lowest BCUT2D eigenvalue weighted by atomic mass is 10.0. The van der Waals surface area contributed by atoms with Crippen molar-refractivity contribution in [2.45, 2.75) is 26.7 Å². The molecule has 0 aliphatic carbocycles. The van der Waals surface area contributed by atoms with Crippen molar-refractivity contribution in [2.75, 3.05) is 26.2 Å². The minimum atomic E-state index is -0.550. The smallest absolute Gasteiger partial charge is 0.339 e. The van der Waals surface area contributed by atoms with Gasteiger partial charge in [0.2, 0.25) is 5.91 Å². The summed E-state index contributed by atoms with van der Waals surface area (Å²) in [6, 6.07) is 9.45. The lowest BCUT2D eigenvalue weighted by molar-refractivity contribution is -0.130. The van der Waals surface area contributed by atoms with E-state index in [0.717, 1.165) is 5.56 Å². The third-order valence-corrected chi connectivity index (χ3v) is 4.86. The molecule has 0 radical (unpaired) electrons. The molecule has 1 saturated heterocycles. The van der Waals surface area contributed by atoms with Gasteiger partial charge in [0.15, 0.2) is 0 Å². The first-order valence-electron chi connectivity index (χ1n) is 9.11. The molecule has 1 aliphatic heterocycles. The maximum atomic E-state index is 12.8. The van der Waals surface area contributed by atoms with Crippen LogP contribution in [0.2, 0.25) is 0 Å². The molecule has 0 atom stereocenters. The molecule has 2 heterocycles. The van der Waals surface area contributed by atoms with Gasteiger partial charge in [0.25, 0.3) is 5.91 Å². The van der Waals surface area contributed by atoms with E-state index in [9.17, 15) is 14.4 Å². The van der Waals surface area contributed by atoms with Gasteiger partial charge in [-0.25, -0.2) is 4.79 Å². The highest BCUT2D eigenvalue weighted by Gasteiger charge is 2.24. The van der Waals surface area contributed by atoms with Crippen molar-refractivity contribution >= 4 is 11.8 Å². The van der Waals surface area contributed by atoms with Gasteiger partial charge in [-0.3, -0.25) is 9.59 Å². The number of amides is 2. The van der Waals surface area contributed by atoms with E-state index in [2.05, 4.69) is 23.8 Å². The third-order valence-electron chi connectivity index (χ3n) is 4.86. The van der Waals surface area contributed by atoms with Crippen molar-refractivity contribution in [1.29, 1.82) is 0 Å². The maximum absolute atomic E-state index is 12.8. The molecular weight excluding hydrogens is 344 g/mol. The van der Waals surface area contributed by atoms with Crippen molar-refractivity contribution in [3.8, 4) is 11.3 Å². The first-order valence-corrected chi connectivity index (χ1v) is 9.11. The summed E-state index contributed by atoms with van der Waals surface area (Å²) >= 11 is 0. The summed E-state index contributed by atoms with van der Waals surface area (Å²) < 4.78 is 0. The van der Waals surface area contributed by atoms with Crippen LogP contribution in [0.1, 0.15) is 42.7 Å². The third kappa shape index (κ3) is 4.24. The van der Waals surface area contributed by atoms with Crippen LogP contribution in [-0.2, 0) is 4.79 Å². The highest BCUT2D eigenvalue weighted by atomic mass is 16.2. The molecule has 2 aromatic rings. The molecule has 142 valence electrons. The summed E-state index contributed by atoms with van der Waals surface area (Å²) in [6.07, 6.45) is 0. The predicted molar refractivity (Wildman–Crippen MR) is 103 cm³/mol. The van der Waals surface area contributed by atoms with E-state index in [-0.39, 0.29) is 17.5 Å². The fourth-order valence-corrected chi connectivity index (χ4v) is 3.15.